The van der Waals surface area contributed by atoms with E-state index < -0.39 is 15.9 Å². The highest BCUT2D eigenvalue weighted by Gasteiger charge is 2.23. The van der Waals surface area contributed by atoms with Crippen molar-refractivity contribution in [2.24, 2.45) is 0 Å². The molecule has 1 N–H and O–H groups in total. The topological polar surface area (TPSA) is 97.4 Å². The number of carbonyl (C=O) groups excluding carboxylic acids is 1. The Morgan fingerprint density at radius 1 is 1.09 bits per heavy atom. The third-order valence-corrected chi connectivity index (χ3v) is 6.44. The Bertz CT molecular complexity index is 1080. The maximum atomic E-state index is 13.2. The van der Waals surface area contributed by atoms with E-state index >= 15 is 0 Å². The van der Waals surface area contributed by atoms with Gasteiger partial charge in [0.2, 0.25) is 10.0 Å². The van der Waals surface area contributed by atoms with E-state index in [0.717, 1.165) is 29.3 Å². The average Bonchev–Trinajstić information content (AvgIpc) is 2.80. The van der Waals surface area contributed by atoms with Crippen molar-refractivity contribution in [3.63, 3.8) is 0 Å². The fraction of sp³-hybridized carbons (Fsp3) is 0.435. The van der Waals surface area contributed by atoms with Crippen LogP contribution in [0.1, 0.15) is 24.2 Å². The standard InChI is InChI=1S/C23H31N3O6S/c1-5-31-21-16-20(26-11-13-30-14-12-26)22(32-6-2)15-18(21)24-23(27)17-9-7-8-10-19(17)25(3)33(4,28)29/h7-10,15-16H,5-6,11-14H2,1-4H3,(H,24,27). The zero-order valence-electron chi connectivity index (χ0n) is 19.5. The van der Waals surface area contributed by atoms with Crippen LogP contribution in [0, 0.1) is 0 Å². The van der Waals surface area contributed by atoms with E-state index in [1.54, 1.807) is 30.3 Å². The highest BCUT2D eigenvalue weighted by Crippen LogP contribution is 2.39. The van der Waals surface area contributed by atoms with Crippen molar-refractivity contribution in [2.45, 2.75) is 13.8 Å². The molecular formula is C23H31N3O6S. The van der Waals surface area contributed by atoms with Gasteiger partial charge in [-0.15, -0.1) is 0 Å². The molecule has 0 aliphatic carbocycles. The normalized spacial score (nSPS) is 14.0. The Balaban J connectivity index is 1.99. The molecule has 1 saturated heterocycles. The summed E-state index contributed by atoms with van der Waals surface area (Å²) >= 11 is 0. The minimum atomic E-state index is -3.54. The minimum Gasteiger partial charge on any atom is -0.492 e. The minimum absolute atomic E-state index is 0.225. The molecule has 1 heterocycles. The predicted molar refractivity (Wildman–Crippen MR) is 129 cm³/mol. The van der Waals surface area contributed by atoms with Gasteiger partial charge in [0.1, 0.15) is 11.5 Å². The SMILES string of the molecule is CCOc1cc(N2CCOCC2)c(OCC)cc1NC(=O)c1ccccc1N(C)S(C)(=O)=O. The van der Waals surface area contributed by atoms with E-state index in [2.05, 4.69) is 10.2 Å². The molecule has 2 aromatic rings. The van der Waals surface area contributed by atoms with Crippen molar-refractivity contribution in [1.29, 1.82) is 0 Å². The number of hydrogen-bond donors (Lipinski definition) is 1. The Labute approximate surface area is 195 Å². The number of nitrogens with one attached hydrogen (secondary N) is 1. The summed E-state index contributed by atoms with van der Waals surface area (Å²) in [7, 11) is -2.13. The lowest BCUT2D eigenvalue weighted by Crippen LogP contribution is -2.36. The second-order valence-corrected chi connectivity index (χ2v) is 9.50. The van der Waals surface area contributed by atoms with Gasteiger partial charge in [-0.05, 0) is 26.0 Å². The molecule has 3 rings (SSSR count). The zero-order chi connectivity index (χ0) is 24.0. The quantitative estimate of drug-likeness (QED) is 0.593. The van der Waals surface area contributed by atoms with Crippen LogP contribution in [-0.2, 0) is 14.8 Å². The molecule has 0 spiro atoms. The average molecular weight is 478 g/mol. The van der Waals surface area contributed by atoms with E-state index in [1.165, 1.54) is 7.05 Å². The number of para-hydroxylation sites is 1. The van der Waals surface area contributed by atoms with Gasteiger partial charge in [-0.1, -0.05) is 12.1 Å². The van der Waals surface area contributed by atoms with Crippen molar-refractivity contribution < 1.29 is 27.4 Å². The summed E-state index contributed by atoms with van der Waals surface area (Å²) in [6, 6.07) is 10.2. The molecule has 0 unspecified atom stereocenters. The molecule has 0 aromatic heterocycles. The number of benzene rings is 2. The van der Waals surface area contributed by atoms with E-state index in [4.69, 9.17) is 14.2 Å². The van der Waals surface area contributed by atoms with E-state index in [9.17, 15) is 13.2 Å². The van der Waals surface area contributed by atoms with Gasteiger partial charge in [0.15, 0.2) is 0 Å². The molecule has 1 fully saturated rings. The van der Waals surface area contributed by atoms with Gasteiger partial charge in [-0.25, -0.2) is 8.42 Å². The van der Waals surface area contributed by atoms with Crippen LogP contribution in [-0.4, -0.2) is 67.1 Å². The molecule has 0 saturated carbocycles. The number of morpholine rings is 1. The van der Waals surface area contributed by atoms with Gasteiger partial charge < -0.3 is 24.4 Å². The van der Waals surface area contributed by atoms with E-state index in [1.807, 2.05) is 19.9 Å². The molecular weight excluding hydrogens is 446 g/mol. The van der Waals surface area contributed by atoms with Crippen LogP contribution < -0.4 is 24.0 Å². The van der Waals surface area contributed by atoms with Gasteiger partial charge in [-0.2, -0.15) is 0 Å². The van der Waals surface area contributed by atoms with Crippen molar-refractivity contribution >= 4 is 33.0 Å². The van der Waals surface area contributed by atoms with Gasteiger partial charge >= 0.3 is 0 Å². The first-order valence-electron chi connectivity index (χ1n) is 10.9. The number of rotatable bonds is 9. The molecule has 1 amide bonds. The van der Waals surface area contributed by atoms with Gasteiger partial charge in [-0.3, -0.25) is 9.10 Å². The van der Waals surface area contributed by atoms with Crippen LogP contribution in [0.4, 0.5) is 17.1 Å². The van der Waals surface area contributed by atoms with Crippen LogP contribution in [0.2, 0.25) is 0 Å². The second-order valence-electron chi connectivity index (χ2n) is 7.48. The number of carbonyl (C=O) groups is 1. The molecule has 1 aliphatic rings. The van der Waals surface area contributed by atoms with Crippen molar-refractivity contribution in [2.75, 3.05) is 67.3 Å². The summed E-state index contributed by atoms with van der Waals surface area (Å²) in [5.74, 6) is 0.674. The third-order valence-electron chi connectivity index (χ3n) is 5.25. The summed E-state index contributed by atoms with van der Waals surface area (Å²) < 4.78 is 42.4. The van der Waals surface area contributed by atoms with Gasteiger partial charge in [0.25, 0.3) is 5.91 Å². The number of hydrogen-bond acceptors (Lipinski definition) is 7. The van der Waals surface area contributed by atoms with Crippen molar-refractivity contribution in [1.82, 2.24) is 0 Å². The summed E-state index contributed by atoms with van der Waals surface area (Å²) in [6.07, 6.45) is 1.09. The van der Waals surface area contributed by atoms with Gasteiger partial charge in [0, 0.05) is 32.3 Å². The van der Waals surface area contributed by atoms with E-state index in [0.29, 0.717) is 43.6 Å². The molecule has 1 aliphatic heterocycles. The Morgan fingerprint density at radius 3 is 2.36 bits per heavy atom. The Hall–Kier alpha value is -2.98. The monoisotopic (exact) mass is 477 g/mol. The molecule has 33 heavy (non-hydrogen) atoms. The maximum absolute atomic E-state index is 13.2. The molecule has 2 aromatic carbocycles. The molecule has 9 nitrogen and oxygen atoms in total. The first-order valence-corrected chi connectivity index (χ1v) is 12.7. The van der Waals surface area contributed by atoms with Crippen molar-refractivity contribution in [3.8, 4) is 11.5 Å². The number of nitrogens with zero attached hydrogens (tertiary/aromatic N) is 2. The smallest absolute Gasteiger partial charge is 0.257 e. The number of anilines is 3. The number of sulfonamides is 1. The predicted octanol–water partition coefficient (Wildman–Crippen LogP) is 2.97. The largest absolute Gasteiger partial charge is 0.492 e. The molecule has 0 atom stereocenters. The first kappa shape index (κ1) is 24.7. The lowest BCUT2D eigenvalue weighted by molar-refractivity contribution is 0.102. The highest BCUT2D eigenvalue weighted by molar-refractivity contribution is 7.92. The van der Waals surface area contributed by atoms with Crippen LogP contribution in [0.15, 0.2) is 36.4 Å². The lowest BCUT2D eigenvalue weighted by atomic mass is 10.1. The van der Waals surface area contributed by atoms with Crippen LogP contribution in [0.3, 0.4) is 0 Å². The summed E-state index contributed by atoms with van der Waals surface area (Å²) in [5.41, 5.74) is 1.83. The van der Waals surface area contributed by atoms with E-state index in [-0.39, 0.29) is 11.3 Å². The number of ether oxygens (including phenoxy) is 3. The molecule has 180 valence electrons. The molecule has 10 heteroatoms. The summed E-state index contributed by atoms with van der Waals surface area (Å²) in [5, 5.41) is 2.88. The highest BCUT2D eigenvalue weighted by atomic mass is 32.2. The Kier molecular flexibility index (Phi) is 8.04. The van der Waals surface area contributed by atoms with Crippen LogP contribution in [0.5, 0.6) is 11.5 Å². The molecule has 0 radical (unpaired) electrons. The maximum Gasteiger partial charge on any atom is 0.257 e. The summed E-state index contributed by atoms with van der Waals surface area (Å²) in [6.45, 7) is 7.33. The van der Waals surface area contributed by atoms with Crippen molar-refractivity contribution in [3.05, 3.63) is 42.0 Å². The van der Waals surface area contributed by atoms with Crippen LogP contribution in [0.25, 0.3) is 0 Å². The Morgan fingerprint density at radius 2 is 1.73 bits per heavy atom. The van der Waals surface area contributed by atoms with Gasteiger partial charge in [0.05, 0.1) is 55.3 Å². The fourth-order valence-corrected chi connectivity index (χ4v) is 4.07. The first-order chi connectivity index (χ1) is 15.8. The summed E-state index contributed by atoms with van der Waals surface area (Å²) in [4.78, 5) is 15.4. The lowest BCUT2D eigenvalue weighted by Gasteiger charge is -2.31. The van der Waals surface area contributed by atoms with Crippen LogP contribution >= 0.6 is 0 Å². The third kappa shape index (κ3) is 5.88. The second kappa shape index (κ2) is 10.8. The molecule has 0 bridgehead atoms. The number of amides is 1. The fourth-order valence-electron chi connectivity index (χ4n) is 3.55. The zero-order valence-corrected chi connectivity index (χ0v) is 20.3.